The lowest BCUT2D eigenvalue weighted by molar-refractivity contribution is -0.152. The summed E-state index contributed by atoms with van der Waals surface area (Å²) in [7, 11) is 0. The minimum absolute atomic E-state index is 0.0282. The highest BCUT2D eigenvalue weighted by Crippen LogP contribution is 2.32. The van der Waals surface area contributed by atoms with E-state index in [0.29, 0.717) is 0 Å². The molecule has 0 amide bonds. The lowest BCUT2D eigenvalue weighted by Crippen LogP contribution is -2.22. The Morgan fingerprint density at radius 2 is 2.21 bits per heavy atom. The molecule has 1 aliphatic rings. The zero-order valence-corrected chi connectivity index (χ0v) is 8.94. The van der Waals surface area contributed by atoms with Crippen LogP contribution in [0.5, 0.6) is 0 Å². The molecule has 78 valence electrons. The van der Waals surface area contributed by atoms with Crippen LogP contribution in [0.2, 0.25) is 0 Å². The Labute approximate surface area is 94.6 Å². The van der Waals surface area contributed by atoms with Crippen LogP contribution < -0.4 is 0 Å². The molecular formula is C7H5Cl3O4. The number of carbonyl (C=O) groups is 1. The number of ether oxygens (including phenoxy) is 2. The Morgan fingerprint density at radius 1 is 1.57 bits per heavy atom. The van der Waals surface area contributed by atoms with Crippen molar-refractivity contribution in [2.24, 2.45) is 0 Å². The molecule has 1 N–H and O–H groups in total. The maximum Gasteiger partial charge on any atom is 0.329 e. The number of aliphatic carboxylic acids is 1. The molecule has 0 spiro atoms. The third-order valence-corrected chi connectivity index (χ3v) is 2.53. The van der Waals surface area contributed by atoms with Crippen LogP contribution in [-0.2, 0) is 14.3 Å². The second-order valence-corrected chi connectivity index (χ2v) is 3.49. The van der Waals surface area contributed by atoms with E-state index in [2.05, 4.69) is 0 Å². The van der Waals surface area contributed by atoms with Crippen LogP contribution in [0, 0.1) is 0 Å². The molecule has 4 nitrogen and oxygen atoms in total. The first-order valence-electron chi connectivity index (χ1n) is 3.42. The molecule has 0 bridgehead atoms. The van der Waals surface area contributed by atoms with E-state index in [9.17, 15) is 4.79 Å². The third-order valence-electron chi connectivity index (χ3n) is 1.28. The zero-order valence-electron chi connectivity index (χ0n) is 6.67. The van der Waals surface area contributed by atoms with Gasteiger partial charge in [-0.15, -0.1) is 0 Å². The van der Waals surface area contributed by atoms with Crippen LogP contribution in [0.15, 0.2) is 21.4 Å². The van der Waals surface area contributed by atoms with Gasteiger partial charge in [-0.25, -0.2) is 4.79 Å². The predicted molar refractivity (Wildman–Crippen MR) is 51.1 cm³/mol. The van der Waals surface area contributed by atoms with Crippen LogP contribution in [0.3, 0.4) is 0 Å². The van der Waals surface area contributed by atoms with Crippen LogP contribution in [0.4, 0.5) is 0 Å². The predicted octanol–water partition coefficient (Wildman–Crippen LogP) is 2.21. The van der Waals surface area contributed by atoms with Crippen LogP contribution >= 0.6 is 34.8 Å². The topological polar surface area (TPSA) is 55.8 Å². The molecule has 0 saturated heterocycles. The number of allylic oxidation sites excluding steroid dienone is 2. The number of hydrogen-bond acceptors (Lipinski definition) is 3. The molecule has 0 aliphatic carbocycles. The van der Waals surface area contributed by atoms with E-state index in [1.54, 1.807) is 0 Å². The molecule has 0 aromatic heterocycles. The van der Waals surface area contributed by atoms with Crippen molar-refractivity contribution in [3.8, 4) is 0 Å². The largest absolute Gasteiger partial charge is 0.480 e. The smallest absolute Gasteiger partial charge is 0.329 e. The monoisotopic (exact) mass is 258 g/mol. The Balaban J connectivity index is 2.63. The Hall–Kier alpha value is -0.420. The highest BCUT2D eigenvalue weighted by molar-refractivity contribution is 6.48. The molecule has 0 aromatic rings. The number of halogens is 3. The lowest BCUT2D eigenvalue weighted by atomic mass is 10.4. The van der Waals surface area contributed by atoms with E-state index >= 15 is 0 Å². The molecule has 1 rings (SSSR count). The van der Waals surface area contributed by atoms with Gasteiger partial charge in [0.05, 0.1) is 10.1 Å². The van der Waals surface area contributed by atoms with Gasteiger partial charge < -0.3 is 14.6 Å². The Morgan fingerprint density at radius 3 is 2.79 bits per heavy atom. The first-order valence-corrected chi connectivity index (χ1v) is 4.56. The second-order valence-electron chi connectivity index (χ2n) is 2.30. The van der Waals surface area contributed by atoms with Gasteiger partial charge in [0, 0.05) is 0 Å². The quantitative estimate of drug-likeness (QED) is 0.844. The van der Waals surface area contributed by atoms with Crippen molar-refractivity contribution in [3.63, 3.8) is 0 Å². The highest BCUT2D eigenvalue weighted by atomic mass is 35.5. The zero-order chi connectivity index (χ0) is 10.7. The number of carboxylic acid groups (broad SMARTS) is 1. The van der Waals surface area contributed by atoms with Crippen molar-refractivity contribution < 1.29 is 19.4 Å². The molecule has 1 atom stereocenters. The molecule has 1 unspecified atom stereocenters. The standard InChI is InChI=1S/C7H5Cl3O4/c8-3-1-13-7(6(10)5(3)9)14-2-4(11)12/h1,7H,2H2,(H,11,12). The first kappa shape index (κ1) is 11.7. The van der Waals surface area contributed by atoms with E-state index < -0.39 is 18.9 Å². The summed E-state index contributed by atoms with van der Waals surface area (Å²) in [5, 5.41) is 8.60. The number of hydrogen-bond donors (Lipinski definition) is 1. The molecule has 0 saturated carbocycles. The highest BCUT2D eigenvalue weighted by Gasteiger charge is 2.24. The lowest BCUT2D eigenvalue weighted by Gasteiger charge is -2.20. The SMILES string of the molecule is O=C(O)COC1OC=C(Cl)C(Cl)=C1Cl. The summed E-state index contributed by atoms with van der Waals surface area (Å²) in [6.07, 6.45) is 0.130. The summed E-state index contributed by atoms with van der Waals surface area (Å²) < 4.78 is 9.65. The van der Waals surface area contributed by atoms with Crippen molar-refractivity contribution in [1.82, 2.24) is 0 Å². The minimum atomic E-state index is -1.13. The van der Waals surface area contributed by atoms with Crippen molar-refractivity contribution in [2.75, 3.05) is 6.61 Å². The normalized spacial score (nSPS) is 21.6. The van der Waals surface area contributed by atoms with E-state index in [0.717, 1.165) is 6.26 Å². The van der Waals surface area contributed by atoms with Crippen LogP contribution in [0.25, 0.3) is 0 Å². The Kier molecular flexibility index (Phi) is 4.07. The summed E-state index contributed by atoms with van der Waals surface area (Å²) >= 11 is 16.9. The van der Waals surface area contributed by atoms with Gasteiger partial charge in [0.1, 0.15) is 17.9 Å². The van der Waals surface area contributed by atoms with Crippen molar-refractivity contribution >= 4 is 40.8 Å². The number of carboxylic acids is 1. The van der Waals surface area contributed by atoms with Gasteiger partial charge in [0.15, 0.2) is 0 Å². The van der Waals surface area contributed by atoms with Gasteiger partial charge in [-0.1, -0.05) is 34.8 Å². The van der Waals surface area contributed by atoms with Crippen LogP contribution in [0.1, 0.15) is 0 Å². The molecule has 7 heteroatoms. The first-order chi connectivity index (χ1) is 6.52. The van der Waals surface area contributed by atoms with Crippen molar-refractivity contribution in [1.29, 1.82) is 0 Å². The molecule has 1 heterocycles. The summed E-state index contributed by atoms with van der Waals surface area (Å²) in [4.78, 5) is 10.2. The van der Waals surface area contributed by atoms with Crippen molar-refractivity contribution in [2.45, 2.75) is 6.29 Å². The number of rotatable bonds is 3. The second kappa shape index (κ2) is 4.89. The van der Waals surface area contributed by atoms with E-state index in [-0.39, 0.29) is 15.1 Å². The summed E-state index contributed by atoms with van der Waals surface area (Å²) in [6.45, 7) is -0.531. The fourth-order valence-electron chi connectivity index (χ4n) is 0.710. The molecule has 14 heavy (non-hydrogen) atoms. The molecule has 0 aromatic carbocycles. The summed E-state index contributed by atoms with van der Waals surface area (Å²) in [5.74, 6) is -1.13. The van der Waals surface area contributed by atoms with Gasteiger partial charge in [0.2, 0.25) is 6.29 Å². The van der Waals surface area contributed by atoms with Gasteiger partial charge in [-0.3, -0.25) is 0 Å². The van der Waals surface area contributed by atoms with Gasteiger partial charge in [0.25, 0.3) is 0 Å². The molecule has 1 aliphatic heterocycles. The van der Waals surface area contributed by atoms with E-state index in [4.69, 9.17) is 49.4 Å². The maximum atomic E-state index is 10.2. The van der Waals surface area contributed by atoms with Gasteiger partial charge in [-0.05, 0) is 0 Å². The fourth-order valence-corrected chi connectivity index (χ4v) is 1.26. The minimum Gasteiger partial charge on any atom is -0.480 e. The van der Waals surface area contributed by atoms with E-state index in [1.807, 2.05) is 0 Å². The third kappa shape index (κ3) is 2.78. The van der Waals surface area contributed by atoms with E-state index in [1.165, 1.54) is 0 Å². The molecule has 0 fully saturated rings. The van der Waals surface area contributed by atoms with Crippen molar-refractivity contribution in [3.05, 3.63) is 21.4 Å². The summed E-state index contributed by atoms with van der Waals surface area (Å²) in [6, 6.07) is 0. The fraction of sp³-hybridized carbons (Fsp3) is 0.286. The summed E-state index contributed by atoms with van der Waals surface area (Å²) in [5.41, 5.74) is 0. The van der Waals surface area contributed by atoms with Crippen LogP contribution in [-0.4, -0.2) is 24.0 Å². The molecule has 0 radical (unpaired) electrons. The maximum absolute atomic E-state index is 10.2. The molecular weight excluding hydrogens is 254 g/mol. The average Bonchev–Trinajstić information content (AvgIpc) is 2.13. The Bertz CT molecular complexity index is 310. The van der Waals surface area contributed by atoms with Gasteiger partial charge >= 0.3 is 5.97 Å². The average molecular weight is 259 g/mol. The van der Waals surface area contributed by atoms with Gasteiger partial charge in [-0.2, -0.15) is 0 Å².